The number of likely N-dealkylation sites (N-methyl/N-ethyl adjacent to an activating group) is 1. The normalized spacial score (nSPS) is 12.1. The topological polar surface area (TPSA) is 54.5 Å². The molecule has 28 heavy (non-hydrogen) atoms. The fraction of sp³-hybridized carbons (Fsp3) is 0.333. The summed E-state index contributed by atoms with van der Waals surface area (Å²) in [6.07, 6.45) is 0.276. The molecule has 0 bridgehead atoms. The van der Waals surface area contributed by atoms with Crippen LogP contribution in [0.4, 0.5) is 0 Å². The molecule has 1 amide bonds. The van der Waals surface area contributed by atoms with E-state index < -0.39 is 0 Å². The number of thiophene rings is 1. The molecule has 148 valence electrons. The first-order valence-corrected chi connectivity index (χ1v) is 11.0. The van der Waals surface area contributed by atoms with Crippen LogP contribution in [0.15, 0.2) is 47.2 Å². The maximum absolute atomic E-state index is 12.4. The second-order valence-corrected chi connectivity index (χ2v) is 8.39. The van der Waals surface area contributed by atoms with E-state index >= 15 is 0 Å². The maximum Gasteiger partial charge on any atom is 0.226 e. The van der Waals surface area contributed by atoms with E-state index in [1.165, 1.54) is 16.2 Å². The Labute approximate surface area is 174 Å². The lowest BCUT2D eigenvalue weighted by molar-refractivity contribution is -0.120. The molecule has 0 aliphatic rings. The van der Waals surface area contributed by atoms with E-state index in [9.17, 15) is 4.79 Å². The Balaban J connectivity index is 1.61. The summed E-state index contributed by atoms with van der Waals surface area (Å²) in [5, 5.41) is 7.92. The predicted octanol–water partition coefficient (Wildman–Crippen LogP) is 4.23. The molecule has 1 aromatic carbocycles. The Kier molecular flexibility index (Phi) is 7.19. The molecule has 0 aliphatic carbocycles. The number of aromatic nitrogens is 1. The highest BCUT2D eigenvalue weighted by Gasteiger charge is 2.17. The highest BCUT2D eigenvalue weighted by atomic mass is 32.1. The van der Waals surface area contributed by atoms with Crippen LogP contribution in [-0.4, -0.2) is 43.0 Å². The summed E-state index contributed by atoms with van der Waals surface area (Å²) in [6, 6.07) is 12.2. The minimum absolute atomic E-state index is 0.0154. The molecule has 3 rings (SSSR count). The molecule has 0 saturated carbocycles. The van der Waals surface area contributed by atoms with Crippen molar-refractivity contribution < 1.29 is 9.53 Å². The van der Waals surface area contributed by atoms with Crippen molar-refractivity contribution in [1.82, 2.24) is 15.2 Å². The smallest absolute Gasteiger partial charge is 0.226 e. The lowest BCUT2D eigenvalue weighted by Crippen LogP contribution is -2.34. The van der Waals surface area contributed by atoms with Gasteiger partial charge in [-0.15, -0.1) is 22.7 Å². The Bertz CT molecular complexity index is 891. The van der Waals surface area contributed by atoms with Crippen LogP contribution in [0.3, 0.4) is 0 Å². The quantitative estimate of drug-likeness (QED) is 0.568. The van der Waals surface area contributed by atoms with E-state index in [0.29, 0.717) is 13.2 Å². The lowest BCUT2D eigenvalue weighted by Gasteiger charge is -2.23. The van der Waals surface area contributed by atoms with E-state index in [4.69, 9.17) is 4.74 Å². The number of hydrogen-bond acceptors (Lipinski definition) is 6. The summed E-state index contributed by atoms with van der Waals surface area (Å²) in [7, 11) is 4.05. The van der Waals surface area contributed by atoms with E-state index in [2.05, 4.69) is 26.6 Å². The molecule has 0 aliphatic heterocycles. The second-order valence-electron chi connectivity index (χ2n) is 6.55. The molecule has 5 nitrogen and oxygen atoms in total. The first kappa shape index (κ1) is 20.5. The summed E-state index contributed by atoms with van der Waals surface area (Å²) in [5.41, 5.74) is 1.74. The number of rotatable bonds is 9. The van der Waals surface area contributed by atoms with E-state index in [-0.39, 0.29) is 18.4 Å². The number of carbonyl (C=O) groups excluding carboxylic acids is 1. The summed E-state index contributed by atoms with van der Waals surface area (Å²) in [4.78, 5) is 20.4. The van der Waals surface area contributed by atoms with Gasteiger partial charge in [-0.1, -0.05) is 18.2 Å². The van der Waals surface area contributed by atoms with Crippen molar-refractivity contribution in [2.24, 2.45) is 0 Å². The van der Waals surface area contributed by atoms with Gasteiger partial charge in [-0.3, -0.25) is 4.79 Å². The number of benzene rings is 1. The van der Waals surface area contributed by atoms with Gasteiger partial charge in [-0.2, -0.15) is 0 Å². The minimum atomic E-state index is -0.0154. The number of thiazole rings is 1. The number of carbonyl (C=O) groups is 1. The molecule has 1 N–H and O–H groups in total. The molecule has 0 unspecified atom stereocenters. The van der Waals surface area contributed by atoms with Crippen molar-refractivity contribution >= 4 is 28.6 Å². The molecular formula is C21H25N3O2S2. The number of ether oxygens (including phenoxy) is 1. The van der Waals surface area contributed by atoms with Crippen molar-refractivity contribution in [1.29, 1.82) is 0 Å². The third-order valence-corrected chi connectivity index (χ3v) is 6.20. The lowest BCUT2D eigenvalue weighted by atomic mass is 10.2. The van der Waals surface area contributed by atoms with Gasteiger partial charge in [0.15, 0.2) is 0 Å². The zero-order valence-corrected chi connectivity index (χ0v) is 18.0. The molecule has 2 aromatic heterocycles. The molecule has 2 heterocycles. The van der Waals surface area contributed by atoms with Crippen LogP contribution < -0.4 is 10.1 Å². The van der Waals surface area contributed by atoms with Gasteiger partial charge in [0.2, 0.25) is 5.91 Å². The fourth-order valence-electron chi connectivity index (χ4n) is 2.89. The highest BCUT2D eigenvalue weighted by molar-refractivity contribution is 7.13. The fourth-order valence-corrected chi connectivity index (χ4v) is 4.66. The SMILES string of the molecule is CCOc1ccccc1-c1nc(CC(=O)NC[C@@H](c2cccs2)N(C)C)cs1. The third-order valence-electron chi connectivity index (χ3n) is 4.30. The molecular weight excluding hydrogens is 390 g/mol. The predicted molar refractivity (Wildman–Crippen MR) is 116 cm³/mol. The summed E-state index contributed by atoms with van der Waals surface area (Å²) in [5.74, 6) is 0.804. The summed E-state index contributed by atoms with van der Waals surface area (Å²) < 4.78 is 5.69. The number of amides is 1. The van der Waals surface area contributed by atoms with Crippen LogP contribution in [0.2, 0.25) is 0 Å². The molecule has 1 atom stereocenters. The van der Waals surface area contributed by atoms with Gasteiger partial charge in [-0.05, 0) is 44.6 Å². The van der Waals surface area contributed by atoms with Crippen molar-refractivity contribution in [3.63, 3.8) is 0 Å². The second kappa shape index (κ2) is 9.82. The Hall–Kier alpha value is -2.22. The van der Waals surface area contributed by atoms with Crippen LogP contribution in [0, 0.1) is 0 Å². The van der Waals surface area contributed by atoms with Crippen LogP contribution >= 0.6 is 22.7 Å². The standard InChI is InChI=1S/C21H25N3O2S2/c1-4-26-18-9-6-5-8-16(18)21-23-15(14-28-21)12-20(25)22-13-17(24(2)3)19-10-7-11-27-19/h5-11,14,17H,4,12-13H2,1-3H3,(H,22,25)/t17-/m0/s1. The largest absolute Gasteiger partial charge is 0.493 e. The minimum Gasteiger partial charge on any atom is -0.493 e. The van der Waals surface area contributed by atoms with Crippen molar-refractivity contribution in [3.05, 3.63) is 57.7 Å². The van der Waals surface area contributed by atoms with Crippen LogP contribution in [0.1, 0.15) is 23.5 Å². The molecule has 3 aromatic rings. The van der Waals surface area contributed by atoms with Crippen LogP contribution in [0.25, 0.3) is 10.6 Å². The molecule has 7 heteroatoms. The Morgan fingerprint density at radius 3 is 2.75 bits per heavy atom. The number of nitrogens with zero attached hydrogens (tertiary/aromatic N) is 2. The van der Waals surface area contributed by atoms with Gasteiger partial charge in [-0.25, -0.2) is 4.98 Å². The average molecular weight is 416 g/mol. The van der Waals surface area contributed by atoms with Gasteiger partial charge in [0, 0.05) is 16.8 Å². The van der Waals surface area contributed by atoms with E-state index in [1.54, 1.807) is 11.3 Å². The van der Waals surface area contributed by atoms with Crippen LogP contribution in [0.5, 0.6) is 5.75 Å². The zero-order chi connectivity index (χ0) is 19.9. The van der Waals surface area contributed by atoms with Crippen LogP contribution in [-0.2, 0) is 11.2 Å². The number of para-hydroxylation sites is 1. The first-order chi connectivity index (χ1) is 13.6. The molecule has 0 saturated heterocycles. The van der Waals surface area contributed by atoms with Gasteiger partial charge < -0.3 is 15.0 Å². The van der Waals surface area contributed by atoms with Crippen molar-refractivity contribution in [3.8, 4) is 16.3 Å². The van der Waals surface area contributed by atoms with Gasteiger partial charge in [0.1, 0.15) is 10.8 Å². The number of nitrogens with one attached hydrogen (secondary N) is 1. The average Bonchev–Trinajstić information content (AvgIpc) is 3.35. The zero-order valence-electron chi connectivity index (χ0n) is 16.3. The third kappa shape index (κ3) is 5.19. The summed E-state index contributed by atoms with van der Waals surface area (Å²) >= 11 is 3.24. The van der Waals surface area contributed by atoms with Gasteiger partial charge in [0.05, 0.1) is 30.3 Å². The van der Waals surface area contributed by atoms with Crippen molar-refractivity contribution in [2.45, 2.75) is 19.4 Å². The monoisotopic (exact) mass is 415 g/mol. The molecule has 0 radical (unpaired) electrons. The Morgan fingerprint density at radius 1 is 1.21 bits per heavy atom. The molecule has 0 spiro atoms. The maximum atomic E-state index is 12.4. The van der Waals surface area contributed by atoms with Gasteiger partial charge >= 0.3 is 0 Å². The highest BCUT2D eigenvalue weighted by Crippen LogP contribution is 2.32. The number of hydrogen-bond donors (Lipinski definition) is 1. The summed E-state index contributed by atoms with van der Waals surface area (Å²) in [6.45, 7) is 3.15. The first-order valence-electron chi connectivity index (χ1n) is 9.21. The Morgan fingerprint density at radius 2 is 2.04 bits per heavy atom. The van der Waals surface area contributed by atoms with Gasteiger partial charge in [0.25, 0.3) is 0 Å². The van der Waals surface area contributed by atoms with E-state index in [0.717, 1.165) is 22.0 Å². The molecule has 0 fully saturated rings. The van der Waals surface area contributed by atoms with Crippen molar-refractivity contribution in [2.75, 3.05) is 27.2 Å². The van der Waals surface area contributed by atoms with E-state index in [1.807, 2.05) is 56.7 Å².